The van der Waals surface area contributed by atoms with Crippen LogP contribution in [-0.2, 0) is 6.54 Å². The first kappa shape index (κ1) is 19.8. The van der Waals surface area contributed by atoms with Crippen LogP contribution in [0.2, 0.25) is 0 Å². The molecule has 7 heteroatoms. The number of thiophene rings is 1. The Morgan fingerprint density at radius 3 is 2.52 bits per heavy atom. The van der Waals surface area contributed by atoms with Crippen LogP contribution in [0.15, 0.2) is 48.8 Å². The number of aliphatic hydroxyl groups is 1. The number of aryl methyl sites for hydroxylation is 1. The number of β-amino-alcohol motifs (C(OH)–C–C–N with tert-alkyl or cyclic N) is 1. The molecule has 31 heavy (non-hydrogen) atoms. The molecule has 2 aromatic carbocycles. The highest BCUT2D eigenvalue weighted by Crippen LogP contribution is 2.44. The molecule has 0 aliphatic carbocycles. The molecule has 6 nitrogen and oxygen atoms in total. The van der Waals surface area contributed by atoms with Gasteiger partial charge in [0.15, 0.2) is 0 Å². The van der Waals surface area contributed by atoms with Gasteiger partial charge in [0, 0.05) is 22.5 Å². The number of anilines is 1. The molecule has 158 valence electrons. The van der Waals surface area contributed by atoms with Gasteiger partial charge in [-0.25, -0.2) is 9.97 Å². The van der Waals surface area contributed by atoms with E-state index in [2.05, 4.69) is 33.9 Å². The molecule has 0 saturated heterocycles. The van der Waals surface area contributed by atoms with E-state index < -0.39 is 6.10 Å². The van der Waals surface area contributed by atoms with Crippen LogP contribution < -0.4 is 14.4 Å². The average molecular weight is 434 g/mol. The lowest BCUT2D eigenvalue weighted by molar-refractivity contribution is 0.169. The smallest absolute Gasteiger partial charge is 0.141 e. The van der Waals surface area contributed by atoms with Crippen LogP contribution in [-0.4, -0.2) is 35.8 Å². The molecule has 4 aromatic rings. The number of methoxy groups -OCH3 is 2. The summed E-state index contributed by atoms with van der Waals surface area (Å²) in [5, 5.41) is 12.1. The molecule has 0 radical (unpaired) electrons. The molecule has 1 atom stereocenters. The molecule has 0 bridgehead atoms. The van der Waals surface area contributed by atoms with Crippen LogP contribution in [0.4, 0.5) is 5.82 Å². The summed E-state index contributed by atoms with van der Waals surface area (Å²) >= 11 is 1.67. The number of aromatic nitrogens is 2. The summed E-state index contributed by atoms with van der Waals surface area (Å²) in [5.74, 6) is 2.24. The summed E-state index contributed by atoms with van der Waals surface area (Å²) in [4.78, 5) is 13.4. The molecule has 1 aliphatic heterocycles. The fourth-order valence-corrected chi connectivity index (χ4v) is 5.54. The van der Waals surface area contributed by atoms with E-state index in [4.69, 9.17) is 9.47 Å². The summed E-state index contributed by atoms with van der Waals surface area (Å²) < 4.78 is 11.1. The Morgan fingerprint density at radius 1 is 1.03 bits per heavy atom. The first-order chi connectivity index (χ1) is 15.1. The number of hydrogen-bond acceptors (Lipinski definition) is 7. The summed E-state index contributed by atoms with van der Waals surface area (Å²) in [6.07, 6.45) is 0.888. The van der Waals surface area contributed by atoms with Crippen molar-refractivity contribution >= 4 is 27.4 Å². The Labute approximate surface area is 184 Å². The van der Waals surface area contributed by atoms with Crippen LogP contribution in [0.25, 0.3) is 20.7 Å². The lowest BCUT2D eigenvalue weighted by Gasteiger charge is -2.35. The second kappa shape index (κ2) is 7.83. The van der Waals surface area contributed by atoms with E-state index in [0.29, 0.717) is 18.8 Å². The second-order valence-electron chi connectivity index (χ2n) is 7.56. The van der Waals surface area contributed by atoms with Gasteiger partial charge >= 0.3 is 0 Å². The third kappa shape index (κ3) is 3.21. The van der Waals surface area contributed by atoms with E-state index >= 15 is 0 Å². The van der Waals surface area contributed by atoms with Gasteiger partial charge in [-0.3, -0.25) is 0 Å². The molecule has 1 aliphatic rings. The van der Waals surface area contributed by atoms with Crippen molar-refractivity contribution in [1.29, 1.82) is 0 Å². The van der Waals surface area contributed by atoms with Gasteiger partial charge in [0.1, 0.15) is 34.6 Å². The molecule has 0 fully saturated rings. The quantitative estimate of drug-likeness (QED) is 0.502. The van der Waals surface area contributed by atoms with Crippen molar-refractivity contribution in [2.24, 2.45) is 0 Å². The summed E-state index contributed by atoms with van der Waals surface area (Å²) in [5.41, 5.74) is 4.03. The maximum Gasteiger partial charge on any atom is 0.141 e. The van der Waals surface area contributed by atoms with Gasteiger partial charge in [-0.1, -0.05) is 30.3 Å². The number of benzene rings is 2. The minimum atomic E-state index is -0.716. The van der Waals surface area contributed by atoms with Gasteiger partial charge in [-0.05, 0) is 30.2 Å². The summed E-state index contributed by atoms with van der Waals surface area (Å²) in [6.45, 7) is 3.10. The standard InChI is InChI=1S/C24H23N3O3S/c1-14-20-23(25-13-26-24(20)31-22(14)15-7-5-4-6-8-15)27-11-16-18(29-2)9-10-19(30-3)21(16)17(28)12-27/h4-10,13,17,28H,11-12H2,1-3H3. The highest BCUT2D eigenvalue weighted by Gasteiger charge is 2.31. The lowest BCUT2D eigenvalue weighted by Crippen LogP contribution is -2.35. The van der Waals surface area contributed by atoms with Crippen molar-refractivity contribution in [2.45, 2.75) is 19.6 Å². The van der Waals surface area contributed by atoms with Gasteiger partial charge in [-0.2, -0.15) is 0 Å². The largest absolute Gasteiger partial charge is 0.496 e. The number of nitrogens with zero attached hydrogens (tertiary/aromatic N) is 3. The van der Waals surface area contributed by atoms with Gasteiger partial charge in [-0.15, -0.1) is 11.3 Å². The van der Waals surface area contributed by atoms with E-state index in [1.54, 1.807) is 31.9 Å². The Morgan fingerprint density at radius 2 is 1.77 bits per heavy atom. The van der Waals surface area contributed by atoms with Gasteiger partial charge in [0.05, 0.1) is 26.2 Å². The van der Waals surface area contributed by atoms with Crippen molar-refractivity contribution in [1.82, 2.24) is 9.97 Å². The summed E-state index contributed by atoms with van der Waals surface area (Å²) in [6, 6.07) is 14.1. The van der Waals surface area contributed by atoms with Gasteiger partial charge < -0.3 is 19.5 Å². The maximum absolute atomic E-state index is 11.0. The Hall–Kier alpha value is -3.16. The zero-order valence-electron chi connectivity index (χ0n) is 17.6. The molecule has 0 spiro atoms. The van der Waals surface area contributed by atoms with E-state index in [-0.39, 0.29) is 0 Å². The fraction of sp³-hybridized carbons (Fsp3) is 0.250. The molecule has 1 N–H and O–H groups in total. The zero-order valence-corrected chi connectivity index (χ0v) is 18.4. The maximum atomic E-state index is 11.0. The predicted octanol–water partition coefficient (Wildman–Crippen LogP) is 4.74. The fourth-order valence-electron chi connectivity index (χ4n) is 4.40. The SMILES string of the molecule is COc1ccc(OC)c2c1CN(c1ncnc3sc(-c4ccccc4)c(C)c13)CC2O. The molecular weight excluding hydrogens is 410 g/mol. The first-order valence-electron chi connectivity index (χ1n) is 10.1. The molecular formula is C24H23N3O3S. The highest BCUT2D eigenvalue weighted by atomic mass is 32.1. The van der Waals surface area contributed by atoms with Crippen LogP contribution in [0.5, 0.6) is 11.5 Å². The van der Waals surface area contributed by atoms with Crippen molar-refractivity contribution < 1.29 is 14.6 Å². The van der Waals surface area contributed by atoms with Crippen molar-refractivity contribution in [2.75, 3.05) is 25.7 Å². The number of fused-ring (bicyclic) bond motifs is 2. The lowest BCUT2D eigenvalue weighted by atomic mass is 9.95. The number of ether oxygens (including phenoxy) is 2. The first-order valence-corrected chi connectivity index (χ1v) is 10.9. The van der Waals surface area contributed by atoms with Crippen molar-refractivity contribution in [3.63, 3.8) is 0 Å². The van der Waals surface area contributed by atoms with Crippen LogP contribution in [0, 0.1) is 6.92 Å². The molecule has 1 unspecified atom stereocenters. The predicted molar refractivity (Wildman–Crippen MR) is 123 cm³/mol. The van der Waals surface area contributed by atoms with Gasteiger partial charge in [0.2, 0.25) is 0 Å². The number of rotatable bonds is 4. The van der Waals surface area contributed by atoms with Crippen molar-refractivity contribution in [3.8, 4) is 21.9 Å². The Balaban J connectivity index is 1.64. The third-order valence-corrected chi connectivity index (χ3v) is 7.08. The molecule has 5 rings (SSSR count). The monoisotopic (exact) mass is 433 g/mol. The third-order valence-electron chi connectivity index (χ3n) is 5.83. The van der Waals surface area contributed by atoms with Crippen LogP contribution in [0.3, 0.4) is 0 Å². The number of hydrogen-bond donors (Lipinski definition) is 1. The second-order valence-corrected chi connectivity index (χ2v) is 8.56. The molecule has 3 heterocycles. The molecule has 0 amide bonds. The molecule has 0 saturated carbocycles. The normalized spacial score (nSPS) is 15.7. The van der Waals surface area contributed by atoms with E-state index in [1.807, 2.05) is 30.3 Å². The Bertz CT molecular complexity index is 1260. The van der Waals surface area contributed by atoms with Gasteiger partial charge in [0.25, 0.3) is 0 Å². The highest BCUT2D eigenvalue weighted by molar-refractivity contribution is 7.22. The zero-order chi connectivity index (χ0) is 21.5. The van der Waals surface area contributed by atoms with E-state index in [0.717, 1.165) is 38.5 Å². The number of aliphatic hydroxyl groups excluding tert-OH is 1. The van der Waals surface area contributed by atoms with E-state index in [9.17, 15) is 5.11 Å². The molecule has 2 aromatic heterocycles. The minimum Gasteiger partial charge on any atom is -0.496 e. The van der Waals surface area contributed by atoms with Crippen LogP contribution >= 0.6 is 11.3 Å². The van der Waals surface area contributed by atoms with Crippen molar-refractivity contribution in [3.05, 3.63) is 65.5 Å². The van der Waals surface area contributed by atoms with E-state index in [1.165, 1.54) is 10.4 Å². The topological polar surface area (TPSA) is 67.7 Å². The average Bonchev–Trinajstić information content (AvgIpc) is 3.15. The summed E-state index contributed by atoms with van der Waals surface area (Å²) in [7, 11) is 3.26. The minimum absolute atomic E-state index is 0.415. The Kier molecular flexibility index (Phi) is 5.00. The van der Waals surface area contributed by atoms with Crippen LogP contribution in [0.1, 0.15) is 22.8 Å².